The number of nitrogens with zero attached hydrogens (tertiary/aromatic N) is 2. The maximum atomic E-state index is 11.8. The highest BCUT2D eigenvalue weighted by Gasteiger charge is 2.33. The molecule has 0 spiro atoms. The zero-order valence-corrected chi connectivity index (χ0v) is 8.78. The highest BCUT2D eigenvalue weighted by molar-refractivity contribution is 6.32. The first-order valence-electron chi connectivity index (χ1n) is 4.68. The Hall–Kier alpha value is -1.84. The largest absolute Gasteiger partial charge is 0.337 e. The van der Waals surface area contributed by atoms with E-state index in [4.69, 9.17) is 0 Å². The molecule has 0 bridgehead atoms. The van der Waals surface area contributed by atoms with Crippen LogP contribution in [0.2, 0.25) is 0 Å². The second-order valence-electron chi connectivity index (χ2n) is 3.74. The summed E-state index contributed by atoms with van der Waals surface area (Å²) in [5.74, 6) is 0.553. The maximum absolute atomic E-state index is 11.8. The van der Waals surface area contributed by atoms with Crippen LogP contribution in [-0.4, -0.2) is 22.8 Å². The zero-order valence-electron chi connectivity index (χ0n) is 8.78. The quantitative estimate of drug-likeness (QED) is 0.674. The van der Waals surface area contributed by atoms with Crippen molar-refractivity contribution in [3.8, 4) is 0 Å². The fourth-order valence-corrected chi connectivity index (χ4v) is 1.84. The summed E-state index contributed by atoms with van der Waals surface area (Å²) >= 11 is 0. The number of Topliss-reactive ketones (excluding diaryl/α,β-unsaturated/α-hetero) is 1. The third kappa shape index (κ3) is 1.29. The van der Waals surface area contributed by atoms with E-state index in [-0.39, 0.29) is 18.2 Å². The van der Waals surface area contributed by atoms with Gasteiger partial charge < -0.3 is 4.57 Å². The molecule has 1 amide bonds. The Labute approximate surface area is 87.8 Å². The number of aromatic nitrogens is 1. The molecular formula is C11H12N2O2. The number of fused-ring (bicyclic) bond motifs is 1. The zero-order chi connectivity index (χ0) is 11.2. The van der Waals surface area contributed by atoms with Crippen molar-refractivity contribution in [1.82, 2.24) is 4.57 Å². The van der Waals surface area contributed by atoms with Crippen LogP contribution in [0.25, 0.3) is 5.57 Å². The minimum atomic E-state index is -0.175. The Morgan fingerprint density at radius 3 is 2.80 bits per heavy atom. The predicted octanol–water partition coefficient (Wildman–Crippen LogP) is 0.974. The molecular weight excluding hydrogens is 192 g/mol. The van der Waals surface area contributed by atoms with Crippen molar-refractivity contribution in [2.75, 3.05) is 11.4 Å². The summed E-state index contributed by atoms with van der Waals surface area (Å²) in [6, 6.07) is 1.84. The third-order valence-corrected chi connectivity index (χ3v) is 2.50. The molecule has 0 aliphatic carbocycles. The molecule has 0 saturated heterocycles. The number of hydrogen-bond donors (Lipinski definition) is 0. The molecule has 1 aromatic heterocycles. The van der Waals surface area contributed by atoms with Crippen molar-refractivity contribution < 1.29 is 9.59 Å². The molecule has 0 atom stereocenters. The SMILES string of the molecule is C=C1C(=O)N(CC(C)=O)c2c1ccn2C. The molecule has 2 heterocycles. The van der Waals surface area contributed by atoms with Crippen LogP contribution in [0.5, 0.6) is 0 Å². The number of rotatable bonds is 2. The van der Waals surface area contributed by atoms with Crippen LogP contribution in [0, 0.1) is 0 Å². The van der Waals surface area contributed by atoms with Crippen LogP contribution in [0.1, 0.15) is 12.5 Å². The first-order chi connectivity index (χ1) is 7.02. The summed E-state index contributed by atoms with van der Waals surface area (Å²) in [6.07, 6.45) is 1.86. The van der Waals surface area contributed by atoms with Crippen molar-refractivity contribution in [3.63, 3.8) is 0 Å². The Kier molecular flexibility index (Phi) is 2.00. The molecule has 0 N–H and O–H groups in total. The van der Waals surface area contributed by atoms with Gasteiger partial charge in [0.15, 0.2) is 0 Å². The molecule has 1 aliphatic heterocycles. The van der Waals surface area contributed by atoms with Gasteiger partial charge in [-0.1, -0.05) is 6.58 Å². The third-order valence-electron chi connectivity index (χ3n) is 2.50. The van der Waals surface area contributed by atoms with Crippen molar-refractivity contribution >= 4 is 23.1 Å². The van der Waals surface area contributed by atoms with Crippen molar-refractivity contribution in [2.45, 2.75) is 6.92 Å². The van der Waals surface area contributed by atoms with Crippen molar-refractivity contribution in [3.05, 3.63) is 24.4 Å². The fourth-order valence-electron chi connectivity index (χ4n) is 1.84. The minimum Gasteiger partial charge on any atom is -0.337 e. The van der Waals surface area contributed by atoms with E-state index in [0.717, 1.165) is 11.4 Å². The highest BCUT2D eigenvalue weighted by atomic mass is 16.2. The molecule has 78 valence electrons. The number of hydrogen-bond acceptors (Lipinski definition) is 2. The van der Waals surface area contributed by atoms with Gasteiger partial charge in [0.1, 0.15) is 11.6 Å². The van der Waals surface area contributed by atoms with Crippen LogP contribution in [0.3, 0.4) is 0 Å². The lowest BCUT2D eigenvalue weighted by Crippen LogP contribution is -2.32. The van der Waals surface area contributed by atoms with Crippen LogP contribution in [0.15, 0.2) is 18.8 Å². The van der Waals surface area contributed by atoms with Gasteiger partial charge in [-0.15, -0.1) is 0 Å². The van der Waals surface area contributed by atoms with Crippen LogP contribution in [0.4, 0.5) is 5.82 Å². The fraction of sp³-hybridized carbons (Fsp3) is 0.273. The summed E-state index contributed by atoms with van der Waals surface area (Å²) in [5, 5.41) is 0. The molecule has 1 aromatic rings. The van der Waals surface area contributed by atoms with Gasteiger partial charge in [0.05, 0.1) is 6.54 Å². The van der Waals surface area contributed by atoms with Gasteiger partial charge in [0.2, 0.25) is 0 Å². The number of ketones is 1. The lowest BCUT2D eigenvalue weighted by molar-refractivity contribution is -0.118. The summed E-state index contributed by atoms with van der Waals surface area (Å²) in [7, 11) is 1.85. The van der Waals surface area contributed by atoms with E-state index < -0.39 is 0 Å². The van der Waals surface area contributed by atoms with Gasteiger partial charge in [-0.2, -0.15) is 0 Å². The topological polar surface area (TPSA) is 42.3 Å². The van der Waals surface area contributed by atoms with E-state index in [1.165, 1.54) is 11.8 Å². The number of anilines is 1. The lowest BCUT2D eigenvalue weighted by Gasteiger charge is -2.16. The van der Waals surface area contributed by atoms with E-state index in [1.54, 1.807) is 0 Å². The molecule has 2 rings (SSSR count). The second-order valence-corrected chi connectivity index (χ2v) is 3.74. The molecule has 0 saturated carbocycles. The minimum absolute atomic E-state index is 0.0369. The van der Waals surface area contributed by atoms with Crippen molar-refractivity contribution in [2.24, 2.45) is 7.05 Å². The smallest absolute Gasteiger partial charge is 0.259 e. The molecule has 0 radical (unpaired) electrons. The van der Waals surface area contributed by atoms with Crippen molar-refractivity contribution in [1.29, 1.82) is 0 Å². The Bertz CT molecular complexity index is 471. The average molecular weight is 204 g/mol. The molecule has 0 fully saturated rings. The molecule has 0 aromatic carbocycles. The number of carbonyl (C=O) groups excluding carboxylic acids is 2. The van der Waals surface area contributed by atoms with Crippen LogP contribution >= 0.6 is 0 Å². The molecule has 4 nitrogen and oxygen atoms in total. The van der Waals surface area contributed by atoms with E-state index in [1.807, 2.05) is 23.9 Å². The Morgan fingerprint density at radius 2 is 2.20 bits per heavy atom. The van der Waals surface area contributed by atoms with Crippen LogP contribution < -0.4 is 4.90 Å². The van der Waals surface area contributed by atoms with Gasteiger partial charge in [-0.3, -0.25) is 14.5 Å². The standard InChI is InChI=1S/C11H12N2O2/c1-7(14)6-13-10-9(4-5-12(10)3)8(2)11(13)15/h4-5H,2,6H2,1,3H3. The van der Waals surface area contributed by atoms with Gasteiger partial charge in [-0.05, 0) is 13.0 Å². The number of amides is 1. The number of carbonyl (C=O) groups is 2. The highest BCUT2D eigenvalue weighted by Crippen LogP contribution is 2.35. The average Bonchev–Trinajstić information content (AvgIpc) is 2.62. The van der Waals surface area contributed by atoms with Gasteiger partial charge in [0, 0.05) is 24.4 Å². The first kappa shape index (κ1) is 9.71. The monoisotopic (exact) mass is 204 g/mol. The predicted molar refractivity (Wildman–Crippen MR) is 57.5 cm³/mol. The normalized spacial score (nSPS) is 14.7. The molecule has 0 unspecified atom stereocenters. The Balaban J connectivity index is 2.49. The van der Waals surface area contributed by atoms with Crippen LogP contribution in [-0.2, 0) is 16.6 Å². The van der Waals surface area contributed by atoms with E-state index in [0.29, 0.717) is 5.57 Å². The lowest BCUT2D eigenvalue weighted by atomic mass is 10.2. The Morgan fingerprint density at radius 1 is 1.53 bits per heavy atom. The summed E-state index contributed by atoms with van der Waals surface area (Å²) < 4.78 is 1.83. The van der Waals surface area contributed by atoms with E-state index in [9.17, 15) is 9.59 Å². The van der Waals surface area contributed by atoms with Gasteiger partial charge in [-0.25, -0.2) is 0 Å². The molecule has 1 aliphatic rings. The van der Waals surface area contributed by atoms with E-state index in [2.05, 4.69) is 6.58 Å². The summed E-state index contributed by atoms with van der Waals surface area (Å²) in [4.78, 5) is 24.3. The number of aryl methyl sites for hydroxylation is 1. The maximum Gasteiger partial charge on any atom is 0.259 e. The first-order valence-corrected chi connectivity index (χ1v) is 4.68. The molecule has 15 heavy (non-hydrogen) atoms. The van der Waals surface area contributed by atoms with Gasteiger partial charge in [0.25, 0.3) is 5.91 Å². The summed E-state index contributed by atoms with van der Waals surface area (Å²) in [5.41, 5.74) is 1.29. The second kappa shape index (κ2) is 3.08. The van der Waals surface area contributed by atoms with Gasteiger partial charge >= 0.3 is 0 Å². The van der Waals surface area contributed by atoms with E-state index >= 15 is 0 Å². The summed E-state index contributed by atoms with van der Waals surface area (Å²) in [6.45, 7) is 5.31. The molecule has 4 heteroatoms.